The molecule has 6 heteroatoms. The van der Waals surface area contributed by atoms with Crippen molar-refractivity contribution >= 4 is 5.82 Å². The Hall–Kier alpha value is -1.24. The van der Waals surface area contributed by atoms with Gasteiger partial charge in [0.05, 0.1) is 0 Å². The van der Waals surface area contributed by atoms with Crippen LogP contribution < -0.4 is 11.3 Å². The molecule has 20 heavy (non-hydrogen) atoms. The van der Waals surface area contributed by atoms with E-state index in [-0.39, 0.29) is 0 Å². The summed E-state index contributed by atoms with van der Waals surface area (Å²) >= 11 is 0. The highest BCUT2D eigenvalue weighted by molar-refractivity contribution is 5.45. The zero-order chi connectivity index (χ0) is 14.7. The Bertz CT molecular complexity index is 461. The molecule has 112 valence electrons. The molecular weight excluding hydrogens is 252 g/mol. The molecule has 1 fully saturated rings. The summed E-state index contributed by atoms with van der Waals surface area (Å²) in [6.45, 7) is 7.39. The molecule has 1 unspecified atom stereocenters. The topological polar surface area (TPSA) is 70.3 Å². The quantitative estimate of drug-likeness (QED) is 0.614. The van der Waals surface area contributed by atoms with Gasteiger partial charge in [0, 0.05) is 43.4 Å². The SMILES string of the molecule is CCc1c(C)nc(CC2CN(C)CCN2C)nc1NN. The van der Waals surface area contributed by atoms with Gasteiger partial charge in [0.1, 0.15) is 11.6 Å². The van der Waals surface area contributed by atoms with E-state index < -0.39 is 0 Å². The number of hydrazine groups is 1. The van der Waals surface area contributed by atoms with E-state index in [2.05, 4.69) is 46.2 Å². The van der Waals surface area contributed by atoms with Crippen molar-refractivity contribution in [1.29, 1.82) is 0 Å². The second-order valence-electron chi connectivity index (χ2n) is 5.65. The maximum Gasteiger partial charge on any atom is 0.147 e. The lowest BCUT2D eigenvalue weighted by molar-refractivity contribution is 0.113. The van der Waals surface area contributed by atoms with E-state index in [4.69, 9.17) is 5.84 Å². The Morgan fingerprint density at radius 1 is 1.30 bits per heavy atom. The summed E-state index contributed by atoms with van der Waals surface area (Å²) in [6.07, 6.45) is 1.75. The average Bonchev–Trinajstić information content (AvgIpc) is 2.42. The van der Waals surface area contributed by atoms with Gasteiger partial charge in [0.2, 0.25) is 0 Å². The molecule has 0 spiro atoms. The standard InChI is InChI=1S/C14H26N6/c1-5-12-10(2)16-13(17-14(12)18-15)8-11-9-19(3)6-7-20(11)4/h11H,5-9,15H2,1-4H3,(H,16,17,18). The number of nitrogen functional groups attached to an aromatic ring is 1. The van der Waals surface area contributed by atoms with Crippen LogP contribution in [0, 0.1) is 6.92 Å². The first kappa shape index (κ1) is 15.2. The highest BCUT2D eigenvalue weighted by Gasteiger charge is 2.23. The number of aryl methyl sites for hydroxylation is 1. The van der Waals surface area contributed by atoms with Gasteiger partial charge < -0.3 is 15.2 Å². The summed E-state index contributed by atoms with van der Waals surface area (Å²) in [7, 11) is 4.34. The van der Waals surface area contributed by atoms with Crippen molar-refractivity contribution in [3.63, 3.8) is 0 Å². The summed E-state index contributed by atoms with van der Waals surface area (Å²) in [6, 6.07) is 0.464. The molecule has 1 aromatic rings. The highest BCUT2D eigenvalue weighted by atomic mass is 15.3. The first-order valence-corrected chi connectivity index (χ1v) is 7.27. The van der Waals surface area contributed by atoms with Crippen LogP contribution in [-0.2, 0) is 12.8 Å². The van der Waals surface area contributed by atoms with E-state index in [1.165, 1.54) is 0 Å². The number of aromatic nitrogens is 2. The molecule has 3 N–H and O–H groups in total. The van der Waals surface area contributed by atoms with Crippen molar-refractivity contribution in [2.24, 2.45) is 5.84 Å². The normalized spacial score (nSPS) is 21.1. The van der Waals surface area contributed by atoms with E-state index in [1.807, 2.05) is 6.92 Å². The fourth-order valence-corrected chi connectivity index (χ4v) is 2.82. The summed E-state index contributed by atoms with van der Waals surface area (Å²) in [4.78, 5) is 14.0. The van der Waals surface area contributed by atoms with Crippen molar-refractivity contribution in [1.82, 2.24) is 19.8 Å². The minimum atomic E-state index is 0.464. The molecule has 1 atom stereocenters. The minimum absolute atomic E-state index is 0.464. The highest BCUT2D eigenvalue weighted by Crippen LogP contribution is 2.18. The Kier molecular flexibility index (Phi) is 4.91. The lowest BCUT2D eigenvalue weighted by atomic mass is 10.1. The molecule has 6 nitrogen and oxygen atoms in total. The number of likely N-dealkylation sites (N-methyl/N-ethyl adjacent to an activating group) is 2. The molecule has 2 rings (SSSR count). The average molecular weight is 278 g/mol. The molecule has 1 aromatic heterocycles. The van der Waals surface area contributed by atoms with Crippen LogP contribution in [0.15, 0.2) is 0 Å². The van der Waals surface area contributed by atoms with Crippen LogP contribution in [-0.4, -0.2) is 59.5 Å². The molecule has 1 saturated heterocycles. The monoisotopic (exact) mass is 278 g/mol. The lowest BCUT2D eigenvalue weighted by Gasteiger charge is -2.37. The Labute approximate surface area is 121 Å². The summed E-state index contributed by atoms with van der Waals surface area (Å²) in [5.74, 6) is 7.23. The molecule has 0 saturated carbocycles. The Balaban J connectivity index is 2.18. The van der Waals surface area contributed by atoms with Gasteiger partial charge in [-0.25, -0.2) is 15.8 Å². The molecule has 0 aromatic carbocycles. The summed E-state index contributed by atoms with van der Waals surface area (Å²) in [5, 5.41) is 0. The van der Waals surface area contributed by atoms with E-state index in [0.717, 1.165) is 55.4 Å². The van der Waals surface area contributed by atoms with Gasteiger partial charge >= 0.3 is 0 Å². The minimum Gasteiger partial charge on any atom is -0.308 e. The van der Waals surface area contributed by atoms with E-state index in [1.54, 1.807) is 0 Å². The first-order chi connectivity index (χ1) is 9.55. The van der Waals surface area contributed by atoms with Gasteiger partial charge in [0.25, 0.3) is 0 Å². The van der Waals surface area contributed by atoms with Gasteiger partial charge in [-0.2, -0.15) is 0 Å². The third-order valence-electron chi connectivity index (χ3n) is 4.15. The van der Waals surface area contributed by atoms with E-state index >= 15 is 0 Å². The van der Waals surface area contributed by atoms with Gasteiger partial charge in [-0.3, -0.25) is 0 Å². The van der Waals surface area contributed by atoms with Crippen LogP contribution in [0.5, 0.6) is 0 Å². The van der Waals surface area contributed by atoms with Gasteiger partial charge in [-0.1, -0.05) is 6.92 Å². The molecule has 0 aliphatic carbocycles. The molecule has 2 heterocycles. The first-order valence-electron chi connectivity index (χ1n) is 7.27. The fraction of sp³-hybridized carbons (Fsp3) is 0.714. The molecule has 0 radical (unpaired) electrons. The van der Waals surface area contributed by atoms with Crippen LogP contribution in [0.1, 0.15) is 24.0 Å². The predicted molar refractivity (Wildman–Crippen MR) is 81.6 cm³/mol. The second kappa shape index (κ2) is 6.47. The molecule has 0 amide bonds. The number of nitrogens with one attached hydrogen (secondary N) is 1. The number of rotatable bonds is 4. The van der Waals surface area contributed by atoms with Crippen LogP contribution in [0.4, 0.5) is 5.82 Å². The molecular formula is C14H26N6. The number of nitrogens with zero attached hydrogens (tertiary/aromatic N) is 4. The van der Waals surface area contributed by atoms with Gasteiger partial charge in [-0.05, 0) is 27.4 Å². The summed E-state index contributed by atoms with van der Waals surface area (Å²) < 4.78 is 0. The Morgan fingerprint density at radius 2 is 2.05 bits per heavy atom. The number of anilines is 1. The van der Waals surface area contributed by atoms with Crippen LogP contribution in [0.3, 0.4) is 0 Å². The maximum absolute atomic E-state index is 5.59. The van der Waals surface area contributed by atoms with Crippen LogP contribution >= 0.6 is 0 Å². The van der Waals surface area contributed by atoms with Crippen molar-refractivity contribution in [2.75, 3.05) is 39.2 Å². The van der Waals surface area contributed by atoms with Crippen LogP contribution in [0.25, 0.3) is 0 Å². The van der Waals surface area contributed by atoms with Gasteiger partial charge in [-0.15, -0.1) is 0 Å². The number of piperazine rings is 1. The molecule has 0 bridgehead atoms. The third kappa shape index (κ3) is 3.26. The van der Waals surface area contributed by atoms with Gasteiger partial charge in [0.15, 0.2) is 0 Å². The molecule has 1 aliphatic heterocycles. The number of hydrogen-bond donors (Lipinski definition) is 2. The Morgan fingerprint density at radius 3 is 2.70 bits per heavy atom. The van der Waals surface area contributed by atoms with E-state index in [0.29, 0.717) is 6.04 Å². The maximum atomic E-state index is 5.59. The smallest absolute Gasteiger partial charge is 0.147 e. The summed E-state index contributed by atoms with van der Waals surface area (Å²) in [5.41, 5.74) is 4.84. The van der Waals surface area contributed by atoms with Crippen molar-refractivity contribution < 1.29 is 0 Å². The lowest BCUT2D eigenvalue weighted by Crippen LogP contribution is -2.51. The fourth-order valence-electron chi connectivity index (χ4n) is 2.82. The van der Waals surface area contributed by atoms with Crippen molar-refractivity contribution in [3.05, 3.63) is 17.1 Å². The van der Waals surface area contributed by atoms with E-state index in [9.17, 15) is 0 Å². The van der Waals surface area contributed by atoms with Crippen LogP contribution in [0.2, 0.25) is 0 Å². The zero-order valence-electron chi connectivity index (χ0n) is 13.0. The largest absolute Gasteiger partial charge is 0.308 e. The zero-order valence-corrected chi connectivity index (χ0v) is 13.0. The third-order valence-corrected chi connectivity index (χ3v) is 4.15. The molecule has 1 aliphatic rings. The number of nitrogens with two attached hydrogens (primary N) is 1. The van der Waals surface area contributed by atoms with Crippen molar-refractivity contribution in [3.8, 4) is 0 Å². The number of hydrogen-bond acceptors (Lipinski definition) is 6. The predicted octanol–water partition coefficient (Wildman–Crippen LogP) is 0.421. The second-order valence-corrected chi connectivity index (χ2v) is 5.65. The van der Waals surface area contributed by atoms with Crippen molar-refractivity contribution in [2.45, 2.75) is 32.7 Å².